The molecule has 1 aliphatic heterocycles. The van der Waals surface area contributed by atoms with Gasteiger partial charge < -0.3 is 10.1 Å². The molecule has 17 heavy (non-hydrogen) atoms. The Balaban J connectivity index is 2.37. The zero-order valence-corrected chi connectivity index (χ0v) is 12.0. The molecule has 1 N–H and O–H groups in total. The highest BCUT2D eigenvalue weighted by atomic mass is 16.5. The lowest BCUT2D eigenvalue weighted by Gasteiger charge is -2.31. The van der Waals surface area contributed by atoms with Gasteiger partial charge in [-0.2, -0.15) is 0 Å². The summed E-state index contributed by atoms with van der Waals surface area (Å²) in [7, 11) is 2.08. The van der Waals surface area contributed by atoms with Crippen molar-refractivity contribution in [3.63, 3.8) is 0 Å². The number of likely N-dealkylation sites (N-methyl/N-ethyl adjacent to an activating group) is 2. The van der Waals surface area contributed by atoms with Crippen LogP contribution in [0.15, 0.2) is 0 Å². The second-order valence-corrected chi connectivity index (χ2v) is 5.27. The normalized spacial score (nSPS) is 24.2. The van der Waals surface area contributed by atoms with Crippen molar-refractivity contribution in [2.45, 2.75) is 52.2 Å². The number of hydrogen-bond acceptors (Lipinski definition) is 3. The van der Waals surface area contributed by atoms with Gasteiger partial charge in [0, 0.05) is 25.7 Å². The van der Waals surface area contributed by atoms with Crippen LogP contribution in [0.3, 0.4) is 0 Å². The lowest BCUT2D eigenvalue weighted by Crippen LogP contribution is -2.45. The summed E-state index contributed by atoms with van der Waals surface area (Å²) in [5.41, 5.74) is 0. The minimum atomic E-state index is 0.476. The van der Waals surface area contributed by atoms with Crippen molar-refractivity contribution >= 4 is 0 Å². The standard InChI is InChI=1S/C14H30N2O/c1-5-12(3)14(15-4)11-16(6-2)10-13-8-7-9-17-13/h12-15H,5-11H2,1-4H3. The summed E-state index contributed by atoms with van der Waals surface area (Å²) >= 11 is 0. The van der Waals surface area contributed by atoms with Crippen LogP contribution in [0.5, 0.6) is 0 Å². The third-order valence-corrected chi connectivity index (χ3v) is 4.09. The van der Waals surface area contributed by atoms with E-state index in [2.05, 4.69) is 38.0 Å². The number of nitrogens with zero attached hydrogens (tertiary/aromatic N) is 1. The molecule has 3 unspecified atom stereocenters. The Labute approximate surface area is 107 Å². The first-order valence-electron chi connectivity index (χ1n) is 7.22. The van der Waals surface area contributed by atoms with E-state index in [1.807, 2.05) is 0 Å². The number of ether oxygens (including phenoxy) is 1. The average molecular weight is 242 g/mol. The van der Waals surface area contributed by atoms with E-state index in [1.54, 1.807) is 0 Å². The van der Waals surface area contributed by atoms with Crippen LogP contribution in [-0.2, 0) is 4.74 Å². The third-order valence-electron chi connectivity index (χ3n) is 4.09. The Morgan fingerprint density at radius 3 is 2.65 bits per heavy atom. The fourth-order valence-corrected chi connectivity index (χ4v) is 2.53. The van der Waals surface area contributed by atoms with E-state index >= 15 is 0 Å². The van der Waals surface area contributed by atoms with Gasteiger partial charge in [0.15, 0.2) is 0 Å². The molecule has 1 fully saturated rings. The van der Waals surface area contributed by atoms with Crippen LogP contribution in [0.1, 0.15) is 40.0 Å². The summed E-state index contributed by atoms with van der Waals surface area (Å²) in [4.78, 5) is 2.53. The van der Waals surface area contributed by atoms with E-state index in [0.717, 1.165) is 32.2 Å². The van der Waals surface area contributed by atoms with Crippen molar-refractivity contribution in [3.05, 3.63) is 0 Å². The van der Waals surface area contributed by atoms with Gasteiger partial charge in [0.2, 0.25) is 0 Å². The zero-order valence-electron chi connectivity index (χ0n) is 12.0. The molecule has 3 nitrogen and oxygen atoms in total. The summed E-state index contributed by atoms with van der Waals surface area (Å²) < 4.78 is 5.73. The first-order valence-corrected chi connectivity index (χ1v) is 7.22. The van der Waals surface area contributed by atoms with Crippen molar-refractivity contribution in [1.82, 2.24) is 10.2 Å². The maximum atomic E-state index is 5.73. The van der Waals surface area contributed by atoms with E-state index in [9.17, 15) is 0 Å². The fourth-order valence-electron chi connectivity index (χ4n) is 2.53. The smallest absolute Gasteiger partial charge is 0.0702 e. The van der Waals surface area contributed by atoms with Gasteiger partial charge in [-0.25, -0.2) is 0 Å². The number of rotatable bonds is 8. The molecule has 1 saturated heterocycles. The number of hydrogen-bond donors (Lipinski definition) is 1. The molecule has 102 valence electrons. The van der Waals surface area contributed by atoms with Crippen LogP contribution >= 0.6 is 0 Å². The van der Waals surface area contributed by atoms with Crippen molar-refractivity contribution in [2.24, 2.45) is 5.92 Å². The first kappa shape index (κ1) is 14.9. The third kappa shape index (κ3) is 4.94. The highest BCUT2D eigenvalue weighted by Gasteiger charge is 2.22. The minimum Gasteiger partial charge on any atom is -0.377 e. The van der Waals surface area contributed by atoms with E-state index in [4.69, 9.17) is 4.74 Å². The van der Waals surface area contributed by atoms with Gasteiger partial charge in [-0.05, 0) is 32.4 Å². The highest BCUT2D eigenvalue weighted by molar-refractivity contribution is 4.77. The second kappa shape index (κ2) is 8.06. The molecule has 0 spiro atoms. The van der Waals surface area contributed by atoms with E-state index < -0.39 is 0 Å². The Hall–Kier alpha value is -0.120. The maximum absolute atomic E-state index is 5.73. The second-order valence-electron chi connectivity index (χ2n) is 5.27. The van der Waals surface area contributed by atoms with Crippen LogP contribution in [0.25, 0.3) is 0 Å². The van der Waals surface area contributed by atoms with Crippen LogP contribution < -0.4 is 5.32 Å². The fraction of sp³-hybridized carbons (Fsp3) is 1.00. The molecule has 0 aromatic heterocycles. The Kier molecular flexibility index (Phi) is 7.09. The van der Waals surface area contributed by atoms with E-state index in [1.165, 1.54) is 19.3 Å². The molecule has 3 atom stereocenters. The van der Waals surface area contributed by atoms with Crippen LogP contribution in [0.4, 0.5) is 0 Å². The Bertz CT molecular complexity index is 193. The van der Waals surface area contributed by atoms with Crippen LogP contribution in [0, 0.1) is 5.92 Å². The molecule has 1 rings (SSSR count). The van der Waals surface area contributed by atoms with Crippen molar-refractivity contribution in [2.75, 3.05) is 33.3 Å². The zero-order chi connectivity index (χ0) is 12.7. The molecular formula is C14H30N2O. The predicted octanol–water partition coefficient (Wildman–Crippen LogP) is 2.12. The monoisotopic (exact) mass is 242 g/mol. The van der Waals surface area contributed by atoms with Crippen LogP contribution in [-0.4, -0.2) is 50.3 Å². The highest BCUT2D eigenvalue weighted by Crippen LogP contribution is 2.15. The van der Waals surface area contributed by atoms with Gasteiger partial charge in [0.25, 0.3) is 0 Å². The van der Waals surface area contributed by atoms with E-state index in [0.29, 0.717) is 12.1 Å². The van der Waals surface area contributed by atoms with Gasteiger partial charge in [-0.15, -0.1) is 0 Å². The first-order chi connectivity index (χ1) is 8.21. The minimum absolute atomic E-state index is 0.476. The largest absolute Gasteiger partial charge is 0.377 e. The Morgan fingerprint density at radius 1 is 1.41 bits per heavy atom. The molecule has 3 heteroatoms. The molecule has 0 aromatic rings. The van der Waals surface area contributed by atoms with Crippen molar-refractivity contribution in [1.29, 1.82) is 0 Å². The van der Waals surface area contributed by atoms with E-state index in [-0.39, 0.29) is 0 Å². The molecule has 0 aromatic carbocycles. The lowest BCUT2D eigenvalue weighted by molar-refractivity contribution is 0.0692. The maximum Gasteiger partial charge on any atom is 0.0702 e. The molecule has 0 bridgehead atoms. The predicted molar refractivity (Wildman–Crippen MR) is 73.4 cm³/mol. The summed E-state index contributed by atoms with van der Waals surface area (Å²) in [6, 6.07) is 0.598. The average Bonchev–Trinajstić information content (AvgIpc) is 2.86. The summed E-state index contributed by atoms with van der Waals surface area (Å²) in [6.45, 7) is 11.2. The molecule has 0 aliphatic carbocycles. The summed E-state index contributed by atoms with van der Waals surface area (Å²) in [6.07, 6.45) is 4.19. The summed E-state index contributed by atoms with van der Waals surface area (Å²) in [5.74, 6) is 0.735. The van der Waals surface area contributed by atoms with Gasteiger partial charge in [0.05, 0.1) is 6.10 Å². The topological polar surface area (TPSA) is 24.5 Å². The number of nitrogens with one attached hydrogen (secondary N) is 1. The summed E-state index contributed by atoms with van der Waals surface area (Å²) in [5, 5.41) is 3.46. The molecule has 0 amide bonds. The van der Waals surface area contributed by atoms with Gasteiger partial charge >= 0.3 is 0 Å². The molecule has 1 heterocycles. The van der Waals surface area contributed by atoms with Gasteiger partial charge in [-0.1, -0.05) is 27.2 Å². The lowest BCUT2D eigenvalue weighted by atomic mass is 9.98. The SMILES string of the molecule is CCC(C)C(CN(CC)CC1CCCO1)NC. The molecule has 0 saturated carbocycles. The molecule has 1 aliphatic rings. The van der Waals surface area contributed by atoms with Crippen molar-refractivity contribution in [3.8, 4) is 0 Å². The molecule has 0 radical (unpaired) electrons. The van der Waals surface area contributed by atoms with Gasteiger partial charge in [-0.3, -0.25) is 4.90 Å². The molecular weight excluding hydrogens is 212 g/mol. The van der Waals surface area contributed by atoms with Gasteiger partial charge in [0.1, 0.15) is 0 Å². The quantitative estimate of drug-likeness (QED) is 0.705. The Morgan fingerprint density at radius 2 is 2.18 bits per heavy atom. The van der Waals surface area contributed by atoms with Crippen LogP contribution in [0.2, 0.25) is 0 Å². The van der Waals surface area contributed by atoms with Crippen molar-refractivity contribution < 1.29 is 4.74 Å².